The minimum atomic E-state index is 0.194. The van der Waals surface area contributed by atoms with Crippen molar-refractivity contribution in [1.82, 2.24) is 9.55 Å². The molecule has 0 fully saturated rings. The smallest absolute Gasteiger partial charge is 0.129 e. The van der Waals surface area contributed by atoms with Crippen molar-refractivity contribution in [2.24, 2.45) is 0 Å². The molecular weight excluding hydrogens is 284 g/mol. The van der Waals surface area contributed by atoms with Gasteiger partial charge < -0.3 is 0 Å². The first-order chi connectivity index (χ1) is 10.3. The fraction of sp³-hybridized carbons (Fsp3) is 0.0625. The minimum Gasteiger partial charge on any atom is -0.294 e. The van der Waals surface area contributed by atoms with Crippen LogP contribution < -0.4 is 0 Å². The lowest BCUT2D eigenvalue weighted by Crippen LogP contribution is -2.01. The highest BCUT2D eigenvalue weighted by atomic mass is 35.5. The number of rotatable bonds is 2. The zero-order valence-electron chi connectivity index (χ0n) is 10.9. The number of alkyl halides is 1. The Kier molecular flexibility index (Phi) is 3.31. The lowest BCUT2D eigenvalue weighted by molar-refractivity contribution is 0.978. The van der Waals surface area contributed by atoms with Gasteiger partial charge in [-0.15, -0.1) is 11.6 Å². The highest BCUT2D eigenvalue weighted by Crippen LogP contribution is 2.26. The maximum atomic E-state index is 9.28. The Labute approximate surface area is 126 Å². The van der Waals surface area contributed by atoms with Gasteiger partial charge in [0.1, 0.15) is 23.5 Å². The number of benzene rings is 2. The van der Waals surface area contributed by atoms with Crippen LogP contribution in [-0.2, 0) is 5.88 Å². The Balaban J connectivity index is 2.43. The number of nitrogens with zero attached hydrogens (tertiary/aromatic N) is 4. The lowest BCUT2D eigenvalue weighted by Gasteiger charge is -2.09. The molecule has 0 aliphatic heterocycles. The van der Waals surface area contributed by atoms with Gasteiger partial charge in [-0.1, -0.05) is 18.2 Å². The molecular formula is C16H9ClN4. The molecule has 3 rings (SSSR count). The van der Waals surface area contributed by atoms with Gasteiger partial charge >= 0.3 is 0 Å². The molecule has 0 amide bonds. The van der Waals surface area contributed by atoms with Gasteiger partial charge in [0.05, 0.1) is 28.2 Å². The number of imidazole rings is 1. The summed E-state index contributed by atoms with van der Waals surface area (Å²) in [5, 5.41) is 18.5. The molecule has 2 aromatic carbocycles. The van der Waals surface area contributed by atoms with E-state index in [2.05, 4.69) is 17.1 Å². The maximum Gasteiger partial charge on any atom is 0.129 e. The van der Waals surface area contributed by atoms with Crippen molar-refractivity contribution in [2.45, 2.75) is 5.88 Å². The summed E-state index contributed by atoms with van der Waals surface area (Å²) in [5.74, 6) is 0.802. The lowest BCUT2D eigenvalue weighted by atomic mass is 10.1. The summed E-state index contributed by atoms with van der Waals surface area (Å²) in [6.07, 6.45) is 0. The van der Waals surface area contributed by atoms with Gasteiger partial charge in [0.25, 0.3) is 0 Å². The molecule has 0 spiro atoms. The van der Waals surface area contributed by atoms with Crippen LogP contribution >= 0.6 is 11.6 Å². The van der Waals surface area contributed by atoms with Gasteiger partial charge in [0, 0.05) is 0 Å². The monoisotopic (exact) mass is 292 g/mol. The second kappa shape index (κ2) is 5.28. The number of hydrogen-bond donors (Lipinski definition) is 0. The van der Waals surface area contributed by atoms with E-state index < -0.39 is 0 Å². The molecule has 0 saturated heterocycles. The van der Waals surface area contributed by atoms with Crippen LogP contribution in [0.5, 0.6) is 0 Å². The van der Waals surface area contributed by atoms with E-state index in [9.17, 15) is 10.5 Å². The van der Waals surface area contributed by atoms with Gasteiger partial charge in [-0.3, -0.25) is 4.57 Å². The van der Waals surface area contributed by atoms with Crippen molar-refractivity contribution in [3.8, 4) is 17.8 Å². The number of halogens is 1. The van der Waals surface area contributed by atoms with Crippen molar-refractivity contribution in [3.63, 3.8) is 0 Å². The number of hydrogen-bond acceptors (Lipinski definition) is 3. The third-order valence-corrected chi connectivity index (χ3v) is 3.50. The quantitative estimate of drug-likeness (QED) is 0.679. The minimum absolute atomic E-state index is 0.194. The fourth-order valence-corrected chi connectivity index (χ4v) is 2.54. The summed E-state index contributed by atoms with van der Waals surface area (Å²) in [6.45, 7) is 0. The molecule has 1 aromatic heterocycles. The summed E-state index contributed by atoms with van der Waals surface area (Å²) in [7, 11) is 0. The largest absolute Gasteiger partial charge is 0.294 e. The Bertz CT molecular complexity index is 912. The predicted octanol–water partition coefficient (Wildman–Crippen LogP) is 3.51. The van der Waals surface area contributed by atoms with E-state index in [0.29, 0.717) is 28.2 Å². The molecule has 0 unspecified atom stereocenters. The SMILES string of the molecule is N#Cc1ccccc1-n1c(CCl)nc2c(C#N)cccc21. The van der Waals surface area contributed by atoms with Crippen LogP contribution in [0.3, 0.4) is 0 Å². The molecule has 0 aliphatic carbocycles. The molecule has 0 saturated carbocycles. The van der Waals surface area contributed by atoms with E-state index in [1.807, 2.05) is 28.8 Å². The van der Waals surface area contributed by atoms with E-state index in [4.69, 9.17) is 11.6 Å². The molecule has 0 radical (unpaired) electrons. The molecule has 0 bridgehead atoms. The third kappa shape index (κ3) is 2.03. The normalized spacial score (nSPS) is 10.2. The first-order valence-corrected chi connectivity index (χ1v) is 6.79. The number of fused-ring (bicyclic) bond motifs is 1. The molecule has 21 heavy (non-hydrogen) atoms. The van der Waals surface area contributed by atoms with Gasteiger partial charge in [-0.2, -0.15) is 10.5 Å². The highest BCUT2D eigenvalue weighted by molar-refractivity contribution is 6.17. The Morgan fingerprint density at radius 2 is 1.71 bits per heavy atom. The van der Waals surface area contributed by atoms with Crippen LogP contribution in [0.15, 0.2) is 42.5 Å². The van der Waals surface area contributed by atoms with Crippen molar-refractivity contribution in [2.75, 3.05) is 0 Å². The zero-order valence-corrected chi connectivity index (χ0v) is 11.7. The van der Waals surface area contributed by atoms with Crippen LogP contribution in [0.2, 0.25) is 0 Å². The predicted molar refractivity (Wildman–Crippen MR) is 80.1 cm³/mol. The first-order valence-electron chi connectivity index (χ1n) is 6.26. The molecule has 0 aliphatic rings. The standard InChI is InChI=1S/C16H9ClN4/c17-8-15-20-16-12(10-19)5-3-7-14(16)21(15)13-6-2-1-4-11(13)9-18/h1-7H,8H2. The second-order valence-corrected chi connectivity index (χ2v) is 4.68. The Morgan fingerprint density at radius 3 is 2.43 bits per heavy atom. The van der Waals surface area contributed by atoms with E-state index in [1.54, 1.807) is 18.2 Å². The molecule has 5 heteroatoms. The average molecular weight is 293 g/mol. The third-order valence-electron chi connectivity index (χ3n) is 3.26. The molecule has 0 N–H and O–H groups in total. The van der Waals surface area contributed by atoms with Gasteiger partial charge in [0.15, 0.2) is 0 Å². The maximum absolute atomic E-state index is 9.28. The number of nitriles is 2. The van der Waals surface area contributed by atoms with Gasteiger partial charge in [-0.25, -0.2) is 4.98 Å². The second-order valence-electron chi connectivity index (χ2n) is 4.41. The topological polar surface area (TPSA) is 65.4 Å². The van der Waals surface area contributed by atoms with Gasteiger partial charge in [0.2, 0.25) is 0 Å². The molecule has 3 aromatic rings. The molecule has 1 heterocycles. The summed E-state index contributed by atoms with van der Waals surface area (Å²) in [4.78, 5) is 4.45. The molecule has 100 valence electrons. The van der Waals surface area contributed by atoms with Crippen molar-refractivity contribution < 1.29 is 0 Å². The Hall–Kier alpha value is -2.82. The molecule has 4 nitrogen and oxygen atoms in total. The number of aromatic nitrogens is 2. The van der Waals surface area contributed by atoms with Crippen LogP contribution in [-0.4, -0.2) is 9.55 Å². The summed E-state index contributed by atoms with van der Waals surface area (Å²) >= 11 is 6.00. The van der Waals surface area contributed by atoms with Crippen LogP contribution in [0, 0.1) is 22.7 Å². The van der Waals surface area contributed by atoms with Crippen molar-refractivity contribution in [1.29, 1.82) is 10.5 Å². The molecule has 0 atom stereocenters. The van der Waals surface area contributed by atoms with Crippen LogP contribution in [0.25, 0.3) is 16.7 Å². The van der Waals surface area contributed by atoms with E-state index in [1.165, 1.54) is 0 Å². The highest BCUT2D eigenvalue weighted by Gasteiger charge is 2.16. The Morgan fingerprint density at radius 1 is 1.00 bits per heavy atom. The number of para-hydroxylation sites is 2. The van der Waals surface area contributed by atoms with Crippen molar-refractivity contribution >= 4 is 22.6 Å². The van der Waals surface area contributed by atoms with E-state index >= 15 is 0 Å². The summed E-state index contributed by atoms with van der Waals surface area (Å²) < 4.78 is 1.84. The average Bonchev–Trinajstić information content (AvgIpc) is 2.93. The summed E-state index contributed by atoms with van der Waals surface area (Å²) in [6, 6.07) is 16.9. The van der Waals surface area contributed by atoms with E-state index in [-0.39, 0.29) is 5.88 Å². The first kappa shape index (κ1) is 13.2. The zero-order chi connectivity index (χ0) is 14.8. The fourth-order valence-electron chi connectivity index (χ4n) is 2.36. The van der Waals surface area contributed by atoms with Crippen molar-refractivity contribution in [3.05, 3.63) is 59.4 Å². The van der Waals surface area contributed by atoms with Gasteiger partial charge in [-0.05, 0) is 24.3 Å². The van der Waals surface area contributed by atoms with Crippen LogP contribution in [0.4, 0.5) is 0 Å². The van der Waals surface area contributed by atoms with E-state index in [0.717, 1.165) is 5.52 Å². The summed E-state index contributed by atoms with van der Waals surface area (Å²) in [5.41, 5.74) is 3.11. The van der Waals surface area contributed by atoms with Crippen LogP contribution in [0.1, 0.15) is 17.0 Å².